The van der Waals surface area contributed by atoms with Gasteiger partial charge in [0.2, 0.25) is 0 Å². The van der Waals surface area contributed by atoms with Crippen LogP contribution in [0.2, 0.25) is 0 Å². The third-order valence-corrected chi connectivity index (χ3v) is 3.52. The van der Waals surface area contributed by atoms with E-state index in [1.54, 1.807) is 6.07 Å². The number of morpholine rings is 1. The molecule has 0 saturated carbocycles. The summed E-state index contributed by atoms with van der Waals surface area (Å²) < 4.78 is 19.8. The number of halogens is 1. The summed E-state index contributed by atoms with van der Waals surface area (Å²) in [4.78, 5) is 2.23. The molecule has 3 nitrogen and oxygen atoms in total. The van der Waals surface area contributed by atoms with Crippen LogP contribution in [0.25, 0.3) is 0 Å². The highest BCUT2D eigenvalue weighted by atomic mass is 19.1. The Morgan fingerprint density at radius 1 is 1.47 bits per heavy atom. The maximum absolute atomic E-state index is 14.0. The van der Waals surface area contributed by atoms with Crippen LogP contribution in [-0.2, 0) is 4.74 Å². The van der Waals surface area contributed by atoms with Crippen molar-refractivity contribution in [2.24, 2.45) is 5.73 Å². The van der Waals surface area contributed by atoms with Crippen molar-refractivity contribution in [2.75, 3.05) is 19.6 Å². The Balaban J connectivity index is 2.25. The summed E-state index contributed by atoms with van der Waals surface area (Å²) in [5.74, 6) is -0.185. The van der Waals surface area contributed by atoms with E-state index in [1.165, 1.54) is 6.07 Å². The molecular weight excluding hydrogens is 243 g/mol. The number of rotatable bonds is 3. The van der Waals surface area contributed by atoms with E-state index in [0.717, 1.165) is 13.1 Å². The number of benzene rings is 1. The fourth-order valence-corrected chi connectivity index (χ4v) is 2.96. The van der Waals surface area contributed by atoms with Gasteiger partial charge in [-0.25, -0.2) is 4.39 Å². The third-order valence-electron chi connectivity index (χ3n) is 3.52. The Morgan fingerprint density at radius 2 is 2.16 bits per heavy atom. The van der Waals surface area contributed by atoms with Crippen LogP contribution in [0.1, 0.15) is 32.4 Å². The average molecular weight is 266 g/mol. The highest BCUT2D eigenvalue weighted by Crippen LogP contribution is 2.29. The van der Waals surface area contributed by atoms with Gasteiger partial charge in [0.05, 0.1) is 17.7 Å². The van der Waals surface area contributed by atoms with Crippen LogP contribution in [0.4, 0.5) is 4.39 Å². The van der Waals surface area contributed by atoms with Gasteiger partial charge >= 0.3 is 0 Å². The zero-order chi connectivity index (χ0) is 14.0. The molecule has 0 bridgehead atoms. The van der Waals surface area contributed by atoms with Crippen molar-refractivity contribution in [3.63, 3.8) is 0 Å². The van der Waals surface area contributed by atoms with Gasteiger partial charge in [0.15, 0.2) is 0 Å². The Labute approximate surface area is 114 Å². The van der Waals surface area contributed by atoms with E-state index < -0.39 is 0 Å². The van der Waals surface area contributed by atoms with Gasteiger partial charge in [-0.15, -0.1) is 0 Å². The van der Waals surface area contributed by atoms with Crippen LogP contribution < -0.4 is 5.73 Å². The van der Waals surface area contributed by atoms with E-state index in [4.69, 9.17) is 10.5 Å². The molecule has 0 amide bonds. The summed E-state index contributed by atoms with van der Waals surface area (Å²) in [6.07, 6.45) is 0.129. The van der Waals surface area contributed by atoms with Crippen molar-refractivity contribution in [1.82, 2.24) is 4.90 Å². The van der Waals surface area contributed by atoms with E-state index in [0.29, 0.717) is 12.1 Å². The van der Waals surface area contributed by atoms with Crippen LogP contribution in [0.3, 0.4) is 0 Å². The molecule has 1 fully saturated rings. The number of nitrogens with two attached hydrogens (primary N) is 1. The number of nitrogens with zero attached hydrogens (tertiary/aromatic N) is 1. The van der Waals surface area contributed by atoms with Crippen molar-refractivity contribution in [3.8, 4) is 0 Å². The number of ether oxygens (including phenoxy) is 1. The molecular formula is C15H23FN2O. The highest BCUT2D eigenvalue weighted by Gasteiger charge is 2.35. The number of hydrogen-bond acceptors (Lipinski definition) is 3. The lowest BCUT2D eigenvalue weighted by molar-refractivity contribution is -0.138. The average Bonchev–Trinajstić information content (AvgIpc) is 2.30. The summed E-state index contributed by atoms with van der Waals surface area (Å²) in [5.41, 5.74) is 6.34. The SMILES string of the molecule is CC1CN(C(CN)c2ccccc2F)CC(C)(C)O1. The number of hydrogen-bond donors (Lipinski definition) is 1. The van der Waals surface area contributed by atoms with Gasteiger partial charge in [-0.05, 0) is 26.8 Å². The van der Waals surface area contributed by atoms with Crippen LogP contribution in [-0.4, -0.2) is 36.2 Å². The smallest absolute Gasteiger partial charge is 0.128 e. The van der Waals surface area contributed by atoms with Gasteiger partial charge in [-0.3, -0.25) is 4.90 Å². The quantitative estimate of drug-likeness (QED) is 0.912. The van der Waals surface area contributed by atoms with Gasteiger partial charge in [-0.2, -0.15) is 0 Å². The maximum atomic E-state index is 14.0. The Hall–Kier alpha value is -0.970. The second-order valence-electron chi connectivity index (χ2n) is 5.89. The van der Waals surface area contributed by atoms with Gasteiger partial charge in [-0.1, -0.05) is 18.2 Å². The van der Waals surface area contributed by atoms with Crippen molar-refractivity contribution in [1.29, 1.82) is 0 Å². The molecule has 0 spiro atoms. The minimum Gasteiger partial charge on any atom is -0.370 e. The summed E-state index contributed by atoms with van der Waals surface area (Å²) in [7, 11) is 0. The molecule has 19 heavy (non-hydrogen) atoms. The van der Waals surface area contributed by atoms with Crippen LogP contribution >= 0.6 is 0 Å². The molecule has 106 valence electrons. The molecule has 1 saturated heterocycles. The van der Waals surface area contributed by atoms with Crippen LogP contribution in [0, 0.1) is 5.82 Å². The predicted molar refractivity (Wildman–Crippen MR) is 74.4 cm³/mol. The van der Waals surface area contributed by atoms with Crippen LogP contribution in [0.5, 0.6) is 0 Å². The van der Waals surface area contributed by atoms with Crippen LogP contribution in [0.15, 0.2) is 24.3 Å². The van der Waals surface area contributed by atoms with E-state index in [1.807, 2.05) is 19.1 Å². The molecule has 2 atom stereocenters. The van der Waals surface area contributed by atoms with Crippen molar-refractivity contribution in [2.45, 2.75) is 38.5 Å². The highest BCUT2D eigenvalue weighted by molar-refractivity contribution is 5.22. The first-order valence-corrected chi connectivity index (χ1v) is 6.79. The molecule has 4 heteroatoms. The first-order valence-electron chi connectivity index (χ1n) is 6.79. The molecule has 1 heterocycles. The summed E-state index contributed by atoms with van der Waals surface area (Å²) in [5, 5.41) is 0. The van der Waals surface area contributed by atoms with Crippen molar-refractivity contribution in [3.05, 3.63) is 35.6 Å². The molecule has 1 aromatic carbocycles. The first kappa shape index (κ1) is 14.4. The Morgan fingerprint density at radius 3 is 2.74 bits per heavy atom. The molecule has 0 aromatic heterocycles. The second kappa shape index (κ2) is 5.57. The lowest BCUT2D eigenvalue weighted by atomic mass is 9.99. The summed E-state index contributed by atoms with van der Waals surface area (Å²) >= 11 is 0. The van der Waals surface area contributed by atoms with Crippen molar-refractivity contribution < 1.29 is 9.13 Å². The standard InChI is InChI=1S/C15H23FN2O/c1-11-9-18(10-15(2,3)19-11)14(8-17)12-6-4-5-7-13(12)16/h4-7,11,14H,8-10,17H2,1-3H3. The normalized spacial score (nSPS) is 25.2. The maximum Gasteiger partial charge on any atom is 0.128 e. The molecule has 2 N–H and O–H groups in total. The molecule has 1 aliphatic rings. The minimum absolute atomic E-state index is 0.0909. The Bertz CT molecular complexity index is 436. The fourth-order valence-electron chi connectivity index (χ4n) is 2.96. The largest absolute Gasteiger partial charge is 0.370 e. The molecule has 0 aliphatic carbocycles. The fraction of sp³-hybridized carbons (Fsp3) is 0.600. The van der Waals surface area contributed by atoms with Gasteiger partial charge < -0.3 is 10.5 Å². The first-order chi connectivity index (χ1) is 8.93. The molecule has 1 aromatic rings. The lowest BCUT2D eigenvalue weighted by Crippen LogP contribution is -2.54. The summed E-state index contributed by atoms with van der Waals surface area (Å²) in [6, 6.07) is 6.79. The molecule has 0 radical (unpaired) electrons. The summed E-state index contributed by atoms with van der Waals surface area (Å²) in [6.45, 7) is 8.11. The minimum atomic E-state index is -0.226. The van der Waals surface area contributed by atoms with Crippen molar-refractivity contribution >= 4 is 0 Å². The van der Waals surface area contributed by atoms with E-state index >= 15 is 0 Å². The monoisotopic (exact) mass is 266 g/mol. The molecule has 1 aliphatic heterocycles. The third kappa shape index (κ3) is 3.32. The van der Waals surface area contributed by atoms with E-state index in [-0.39, 0.29) is 23.6 Å². The van der Waals surface area contributed by atoms with Gasteiger partial charge in [0.1, 0.15) is 5.82 Å². The van der Waals surface area contributed by atoms with E-state index in [2.05, 4.69) is 18.7 Å². The lowest BCUT2D eigenvalue weighted by Gasteiger charge is -2.45. The van der Waals surface area contributed by atoms with Gasteiger partial charge in [0.25, 0.3) is 0 Å². The zero-order valence-corrected chi connectivity index (χ0v) is 11.9. The topological polar surface area (TPSA) is 38.5 Å². The Kier molecular flexibility index (Phi) is 4.23. The zero-order valence-electron chi connectivity index (χ0n) is 11.9. The molecule has 2 rings (SSSR count). The van der Waals surface area contributed by atoms with E-state index in [9.17, 15) is 4.39 Å². The predicted octanol–water partition coefficient (Wildman–Crippen LogP) is 2.32. The molecule has 2 unspecified atom stereocenters. The van der Waals surface area contributed by atoms with Gasteiger partial charge in [0, 0.05) is 25.2 Å². The second-order valence-corrected chi connectivity index (χ2v) is 5.89.